The zero-order valence-electron chi connectivity index (χ0n) is 22.9. The number of nitrogens with zero attached hydrogens (tertiary/aromatic N) is 2. The monoisotopic (exact) mass is 598 g/mol. The fourth-order valence-electron chi connectivity index (χ4n) is 6.16. The molecule has 0 N–H and O–H groups in total. The molecule has 216 valence electrons. The highest BCUT2D eigenvalue weighted by Crippen LogP contribution is 2.58. The van der Waals surface area contributed by atoms with Gasteiger partial charge in [-0.25, -0.2) is 8.42 Å². The summed E-state index contributed by atoms with van der Waals surface area (Å²) in [4.78, 5) is 0. The first-order valence-corrected chi connectivity index (χ1v) is 14.8. The minimum Gasteiger partial charge on any atom is -0.741 e. The van der Waals surface area contributed by atoms with Crippen LogP contribution in [0.5, 0.6) is 0 Å². The topological polar surface area (TPSA) is 63.5 Å². The zero-order chi connectivity index (χ0) is 30.4. The molecule has 1 spiro atoms. The smallest absolute Gasteiger partial charge is 0.485 e. The molecular weight excluding hydrogens is 573 g/mol. The molecule has 0 saturated carbocycles. The summed E-state index contributed by atoms with van der Waals surface area (Å²) in [5.74, 6) is 0. The summed E-state index contributed by atoms with van der Waals surface area (Å²) < 4.78 is 61.4. The van der Waals surface area contributed by atoms with Crippen molar-refractivity contribution in [3.8, 4) is 11.1 Å². The lowest BCUT2D eigenvalue weighted by atomic mass is 9.80. The van der Waals surface area contributed by atoms with Crippen LogP contribution in [0.3, 0.4) is 0 Å². The maximum atomic E-state index is 10.7. The number of rotatable bonds is 2. The van der Waals surface area contributed by atoms with Crippen LogP contribution in [-0.2, 0) is 15.7 Å². The average Bonchev–Trinajstić information content (AvgIpc) is 3.44. The molecule has 0 unspecified atom stereocenters. The van der Waals surface area contributed by atoms with Gasteiger partial charge in [0.2, 0.25) is 5.71 Å². The van der Waals surface area contributed by atoms with E-state index < -0.39 is 21.2 Å². The van der Waals surface area contributed by atoms with Crippen molar-refractivity contribution < 1.29 is 30.8 Å². The second-order valence-electron chi connectivity index (χ2n) is 10.1. The molecule has 0 aromatic heterocycles. The van der Waals surface area contributed by atoms with Crippen LogP contribution in [0.15, 0.2) is 133 Å². The van der Waals surface area contributed by atoms with Crippen LogP contribution in [0.25, 0.3) is 11.1 Å². The molecule has 1 heterocycles. The Kier molecular flexibility index (Phi) is 6.95. The molecule has 0 bridgehead atoms. The molecule has 9 heteroatoms. The lowest BCUT2D eigenvalue weighted by Crippen LogP contribution is -2.46. The third-order valence-corrected chi connectivity index (χ3v) is 8.34. The molecule has 1 aliphatic heterocycles. The van der Waals surface area contributed by atoms with Crippen molar-refractivity contribution in [1.82, 2.24) is 0 Å². The summed E-state index contributed by atoms with van der Waals surface area (Å²) >= 11 is 0. The summed E-state index contributed by atoms with van der Waals surface area (Å²) in [5, 5.41) is 2.35. The van der Waals surface area contributed by atoms with E-state index in [4.69, 9.17) is 13.0 Å². The number of benzene rings is 5. The van der Waals surface area contributed by atoms with E-state index >= 15 is 0 Å². The van der Waals surface area contributed by atoms with Gasteiger partial charge in [-0.15, -0.1) is 0 Å². The Hall–Kier alpha value is -4.73. The van der Waals surface area contributed by atoms with E-state index in [1.807, 2.05) is 0 Å². The van der Waals surface area contributed by atoms with Gasteiger partial charge in [-0.3, -0.25) is 0 Å². The van der Waals surface area contributed by atoms with Gasteiger partial charge >= 0.3 is 5.51 Å². The number of anilines is 1. The Morgan fingerprint density at radius 3 is 1.47 bits per heavy atom. The quantitative estimate of drug-likeness (QED) is 0.126. The van der Waals surface area contributed by atoms with Gasteiger partial charge in [0.25, 0.3) is 5.54 Å². The van der Waals surface area contributed by atoms with Crippen molar-refractivity contribution in [2.75, 3.05) is 12.1 Å². The predicted molar refractivity (Wildman–Crippen MR) is 159 cm³/mol. The highest BCUT2D eigenvalue weighted by atomic mass is 32.2. The lowest BCUT2D eigenvalue weighted by Gasteiger charge is -2.26. The van der Waals surface area contributed by atoms with E-state index in [0.717, 1.165) is 0 Å². The van der Waals surface area contributed by atoms with E-state index in [2.05, 4.69) is 150 Å². The fourth-order valence-corrected chi connectivity index (χ4v) is 6.16. The van der Waals surface area contributed by atoms with Gasteiger partial charge in [0.05, 0.1) is 12.6 Å². The van der Waals surface area contributed by atoms with Crippen molar-refractivity contribution in [3.63, 3.8) is 0 Å². The van der Waals surface area contributed by atoms with Crippen molar-refractivity contribution in [1.29, 1.82) is 0 Å². The van der Waals surface area contributed by atoms with Gasteiger partial charge in [-0.05, 0) is 47.5 Å². The van der Waals surface area contributed by atoms with Gasteiger partial charge in [-0.2, -0.15) is 18.2 Å². The van der Waals surface area contributed by atoms with Crippen LogP contribution in [0.1, 0.15) is 27.8 Å². The van der Waals surface area contributed by atoms with Crippen molar-refractivity contribution in [2.24, 2.45) is 0 Å². The van der Waals surface area contributed by atoms with Crippen LogP contribution in [0.4, 0.5) is 18.9 Å². The number of halogens is 3. The Balaban J connectivity index is 0.000000365. The van der Waals surface area contributed by atoms with Gasteiger partial charge in [0.15, 0.2) is 10.1 Å². The highest BCUT2D eigenvalue weighted by Gasteiger charge is 2.62. The summed E-state index contributed by atoms with van der Waals surface area (Å²) in [6.45, 7) is 0. The van der Waals surface area contributed by atoms with E-state index in [-0.39, 0.29) is 0 Å². The van der Waals surface area contributed by atoms with Crippen LogP contribution < -0.4 is 5.01 Å². The van der Waals surface area contributed by atoms with E-state index in [1.165, 1.54) is 50.3 Å². The van der Waals surface area contributed by atoms with Gasteiger partial charge in [-0.1, -0.05) is 102 Å². The Morgan fingerprint density at radius 1 is 0.651 bits per heavy atom. The zero-order valence-corrected chi connectivity index (χ0v) is 23.7. The molecule has 0 atom stereocenters. The maximum absolute atomic E-state index is 10.7. The number of hydrazone groups is 1. The van der Waals surface area contributed by atoms with Crippen molar-refractivity contribution in [2.45, 2.75) is 11.0 Å². The number of alkyl halides is 3. The van der Waals surface area contributed by atoms with Crippen LogP contribution >= 0.6 is 0 Å². The minimum absolute atomic E-state index is 0.473. The normalized spacial score (nSPS) is 14.4. The van der Waals surface area contributed by atoms with Gasteiger partial charge in [0, 0.05) is 22.3 Å². The number of hydrazine groups is 1. The lowest BCUT2D eigenvalue weighted by molar-refractivity contribution is -0.592. The van der Waals surface area contributed by atoms with E-state index in [0.29, 0.717) is 0 Å². The summed E-state index contributed by atoms with van der Waals surface area (Å²) in [6, 6.07) is 48.3. The first-order valence-electron chi connectivity index (χ1n) is 13.4. The summed E-state index contributed by atoms with van der Waals surface area (Å²) in [5.41, 5.74) is 5.25. The van der Waals surface area contributed by atoms with Crippen LogP contribution in [-0.4, -0.2) is 35.9 Å². The molecule has 5 nitrogen and oxygen atoms in total. The fraction of sp³-hybridized carbons (Fsp3) is 0.0882. The average molecular weight is 599 g/mol. The molecule has 43 heavy (non-hydrogen) atoms. The largest absolute Gasteiger partial charge is 0.741 e. The maximum Gasteiger partial charge on any atom is 0.485 e. The molecule has 0 fully saturated rings. The molecule has 0 saturated heterocycles. The van der Waals surface area contributed by atoms with Crippen LogP contribution in [0, 0.1) is 0 Å². The Labute approximate surface area is 247 Å². The van der Waals surface area contributed by atoms with Gasteiger partial charge in [0.1, 0.15) is 5.69 Å². The number of fused-ring (bicyclic) bond motifs is 7. The standard InChI is InChI=1S/C33H25N2.CHF3O3S/c1-34-31-23-13-12-22-30(31)33(28-20-10-8-18-26(28)27-19-9-11-21-29(27)33)35(34)32(24-14-4-2-5-15-24)25-16-6-3-7-17-25;2-1(3,4)8(5,6)7/h2-23H,1H3;(H,5,6,7)/q+1;/p-1. The highest BCUT2D eigenvalue weighted by molar-refractivity contribution is 7.86. The second kappa shape index (κ2) is 10.5. The number of para-hydroxylation sites is 1. The minimum atomic E-state index is -6.09. The van der Waals surface area contributed by atoms with E-state index in [9.17, 15) is 13.2 Å². The Bertz CT molecular complexity index is 1870. The summed E-state index contributed by atoms with van der Waals surface area (Å²) in [6.07, 6.45) is 0. The first-order chi connectivity index (χ1) is 20.6. The van der Waals surface area contributed by atoms with Crippen molar-refractivity contribution in [3.05, 3.63) is 161 Å². The molecule has 5 aromatic rings. The predicted octanol–water partition coefficient (Wildman–Crippen LogP) is 6.93. The summed E-state index contributed by atoms with van der Waals surface area (Å²) in [7, 11) is -3.89. The van der Waals surface area contributed by atoms with Crippen molar-refractivity contribution >= 4 is 21.5 Å². The van der Waals surface area contributed by atoms with Crippen LogP contribution in [0.2, 0.25) is 0 Å². The molecule has 1 aliphatic carbocycles. The first kappa shape index (κ1) is 28.4. The molecule has 0 radical (unpaired) electrons. The van der Waals surface area contributed by atoms with E-state index in [1.54, 1.807) is 0 Å². The third kappa shape index (κ3) is 4.52. The second-order valence-corrected chi connectivity index (χ2v) is 11.5. The Morgan fingerprint density at radius 2 is 1.02 bits per heavy atom. The number of hydrogen-bond acceptors (Lipinski definition) is 4. The molecule has 0 amide bonds. The molecule has 2 aliphatic rings. The third-order valence-electron chi connectivity index (χ3n) is 7.77. The molecule has 5 aromatic carbocycles. The SMILES string of the molecule is CN1c2ccccc2C2(c3ccccc3-c3ccccc32)[N+]1=C(c1ccccc1)c1ccccc1.O=S(=O)([O-])C(F)(F)F. The van der Waals surface area contributed by atoms with Gasteiger partial charge < -0.3 is 4.55 Å². The molecular formula is C34H25F3N2O3S. The molecule has 7 rings (SSSR count). The number of hydrogen-bond donors (Lipinski definition) is 0.